The molecule has 0 aliphatic heterocycles. The minimum absolute atomic E-state index is 0.00809. The largest absolute Gasteiger partial charge is 0.507 e. The number of carbonyl (C=O) groups is 1. The molecule has 1 aliphatic rings. The normalized spacial score (nSPS) is 16.9. The van der Waals surface area contributed by atoms with Gasteiger partial charge in [0.1, 0.15) is 5.75 Å². The standard InChI is InChI=1S/C12H15NO3/c1-8-3-2-4-9(10(8)15)11(16)13-12(7-14)5-6-12/h2-4,14-15H,5-7H2,1H3,(H,13,16). The zero-order valence-electron chi connectivity index (χ0n) is 9.16. The molecule has 3 N–H and O–H groups in total. The minimum Gasteiger partial charge on any atom is -0.507 e. The Morgan fingerprint density at radius 1 is 1.50 bits per heavy atom. The van der Waals surface area contributed by atoms with Gasteiger partial charge in [-0.25, -0.2) is 0 Å². The van der Waals surface area contributed by atoms with Crippen molar-refractivity contribution in [2.45, 2.75) is 25.3 Å². The van der Waals surface area contributed by atoms with Crippen LogP contribution in [0.5, 0.6) is 5.75 Å². The molecule has 0 heterocycles. The van der Waals surface area contributed by atoms with E-state index in [4.69, 9.17) is 5.11 Å². The maximum absolute atomic E-state index is 11.9. The number of aromatic hydroxyl groups is 1. The summed E-state index contributed by atoms with van der Waals surface area (Å²) >= 11 is 0. The molecule has 86 valence electrons. The molecular formula is C12H15NO3. The quantitative estimate of drug-likeness (QED) is 0.712. The maximum atomic E-state index is 11.9. The molecule has 1 amide bonds. The second-order valence-corrected chi connectivity index (χ2v) is 4.36. The van der Waals surface area contributed by atoms with Gasteiger partial charge in [0, 0.05) is 0 Å². The fourth-order valence-corrected chi connectivity index (χ4v) is 1.62. The van der Waals surface area contributed by atoms with Gasteiger partial charge in [-0.3, -0.25) is 4.79 Å². The summed E-state index contributed by atoms with van der Waals surface area (Å²) in [4.78, 5) is 11.9. The van der Waals surface area contributed by atoms with Crippen LogP contribution in [0.25, 0.3) is 0 Å². The number of amides is 1. The first-order chi connectivity index (χ1) is 7.58. The van der Waals surface area contributed by atoms with Crippen LogP contribution >= 0.6 is 0 Å². The molecule has 2 rings (SSSR count). The topological polar surface area (TPSA) is 69.6 Å². The van der Waals surface area contributed by atoms with Gasteiger partial charge in [0.2, 0.25) is 0 Å². The van der Waals surface area contributed by atoms with Crippen LogP contribution in [-0.2, 0) is 0 Å². The zero-order chi connectivity index (χ0) is 11.8. The highest BCUT2D eigenvalue weighted by Gasteiger charge is 2.43. The van der Waals surface area contributed by atoms with Crippen LogP contribution in [0.1, 0.15) is 28.8 Å². The minimum atomic E-state index is -0.451. The Bertz CT molecular complexity index is 424. The Hall–Kier alpha value is -1.55. The molecule has 0 saturated heterocycles. The van der Waals surface area contributed by atoms with Crippen molar-refractivity contribution >= 4 is 5.91 Å². The lowest BCUT2D eigenvalue weighted by atomic mass is 10.1. The van der Waals surface area contributed by atoms with Crippen molar-refractivity contribution in [3.05, 3.63) is 29.3 Å². The highest BCUT2D eigenvalue weighted by Crippen LogP contribution is 2.35. The number of benzene rings is 1. The average Bonchev–Trinajstić information content (AvgIpc) is 3.02. The van der Waals surface area contributed by atoms with E-state index in [9.17, 15) is 9.90 Å². The van der Waals surface area contributed by atoms with E-state index in [-0.39, 0.29) is 23.8 Å². The average molecular weight is 221 g/mol. The number of para-hydroxylation sites is 1. The van der Waals surface area contributed by atoms with Gasteiger partial charge in [0.15, 0.2) is 0 Å². The molecule has 0 aromatic heterocycles. The fraction of sp³-hybridized carbons (Fsp3) is 0.417. The first-order valence-electron chi connectivity index (χ1n) is 5.30. The maximum Gasteiger partial charge on any atom is 0.255 e. The zero-order valence-corrected chi connectivity index (χ0v) is 9.16. The van der Waals surface area contributed by atoms with Gasteiger partial charge in [-0.15, -0.1) is 0 Å². The summed E-state index contributed by atoms with van der Waals surface area (Å²) in [6.07, 6.45) is 1.59. The van der Waals surface area contributed by atoms with Crippen LogP contribution in [0.2, 0.25) is 0 Å². The van der Waals surface area contributed by atoms with Crippen LogP contribution in [0, 0.1) is 6.92 Å². The molecule has 4 nitrogen and oxygen atoms in total. The lowest BCUT2D eigenvalue weighted by molar-refractivity contribution is 0.0904. The van der Waals surface area contributed by atoms with E-state index < -0.39 is 5.54 Å². The molecule has 1 aromatic rings. The van der Waals surface area contributed by atoms with Gasteiger partial charge in [0.25, 0.3) is 5.91 Å². The van der Waals surface area contributed by atoms with E-state index in [1.165, 1.54) is 0 Å². The smallest absolute Gasteiger partial charge is 0.255 e. The van der Waals surface area contributed by atoms with E-state index in [0.717, 1.165) is 12.8 Å². The van der Waals surface area contributed by atoms with E-state index in [0.29, 0.717) is 5.56 Å². The van der Waals surface area contributed by atoms with Gasteiger partial charge in [0.05, 0.1) is 17.7 Å². The lowest BCUT2D eigenvalue weighted by Gasteiger charge is -2.15. The second kappa shape index (κ2) is 3.79. The van der Waals surface area contributed by atoms with Crippen LogP contribution < -0.4 is 5.32 Å². The summed E-state index contributed by atoms with van der Waals surface area (Å²) in [5.41, 5.74) is 0.481. The molecule has 4 heteroatoms. The highest BCUT2D eigenvalue weighted by atomic mass is 16.3. The van der Waals surface area contributed by atoms with Crippen LogP contribution in [0.15, 0.2) is 18.2 Å². The first kappa shape index (κ1) is 11.0. The van der Waals surface area contributed by atoms with Crippen molar-refractivity contribution in [3.8, 4) is 5.75 Å². The second-order valence-electron chi connectivity index (χ2n) is 4.36. The third kappa shape index (κ3) is 1.88. The van der Waals surface area contributed by atoms with Crippen molar-refractivity contribution < 1.29 is 15.0 Å². The number of aryl methyl sites for hydroxylation is 1. The molecular weight excluding hydrogens is 206 g/mol. The summed E-state index contributed by atoms with van der Waals surface area (Å²) in [7, 11) is 0. The van der Waals surface area contributed by atoms with Crippen molar-refractivity contribution in [3.63, 3.8) is 0 Å². The first-order valence-corrected chi connectivity index (χ1v) is 5.30. The third-order valence-electron chi connectivity index (χ3n) is 3.02. The van der Waals surface area contributed by atoms with Crippen molar-refractivity contribution in [1.82, 2.24) is 5.32 Å². The fourth-order valence-electron chi connectivity index (χ4n) is 1.62. The van der Waals surface area contributed by atoms with Gasteiger partial charge < -0.3 is 15.5 Å². The molecule has 0 atom stereocenters. The van der Waals surface area contributed by atoms with Gasteiger partial charge >= 0.3 is 0 Å². The summed E-state index contributed by atoms with van der Waals surface area (Å²) in [5.74, 6) is -0.318. The molecule has 1 saturated carbocycles. The summed E-state index contributed by atoms with van der Waals surface area (Å²) < 4.78 is 0. The molecule has 0 radical (unpaired) electrons. The molecule has 0 spiro atoms. The molecule has 0 bridgehead atoms. The Labute approximate surface area is 93.9 Å². The number of phenolic OH excluding ortho intramolecular Hbond substituents is 1. The Morgan fingerprint density at radius 2 is 2.19 bits per heavy atom. The van der Waals surface area contributed by atoms with Gasteiger partial charge in [-0.1, -0.05) is 12.1 Å². The SMILES string of the molecule is Cc1cccc(C(=O)NC2(CO)CC2)c1O. The molecule has 1 aliphatic carbocycles. The Balaban J connectivity index is 2.18. The Morgan fingerprint density at radius 3 is 2.75 bits per heavy atom. The number of hydrogen-bond donors (Lipinski definition) is 3. The van der Waals surface area contributed by atoms with Gasteiger partial charge in [-0.2, -0.15) is 0 Å². The number of aliphatic hydroxyl groups excluding tert-OH is 1. The number of carbonyl (C=O) groups excluding carboxylic acids is 1. The third-order valence-corrected chi connectivity index (χ3v) is 3.02. The molecule has 1 aromatic carbocycles. The predicted molar refractivity (Wildman–Crippen MR) is 59.4 cm³/mol. The van der Waals surface area contributed by atoms with Crippen molar-refractivity contribution in [2.24, 2.45) is 0 Å². The highest BCUT2D eigenvalue weighted by molar-refractivity contribution is 5.97. The number of aliphatic hydroxyl groups is 1. The molecule has 0 unspecified atom stereocenters. The Kier molecular flexibility index (Phi) is 2.59. The van der Waals surface area contributed by atoms with Crippen LogP contribution in [-0.4, -0.2) is 28.3 Å². The monoisotopic (exact) mass is 221 g/mol. The predicted octanol–water partition coefficient (Wildman–Crippen LogP) is 0.955. The van der Waals surface area contributed by atoms with Crippen molar-refractivity contribution in [1.29, 1.82) is 0 Å². The van der Waals surface area contributed by atoms with Gasteiger partial charge in [-0.05, 0) is 31.4 Å². The summed E-state index contributed by atoms with van der Waals surface area (Å²) in [6.45, 7) is 1.69. The summed E-state index contributed by atoms with van der Waals surface area (Å²) in [6, 6.07) is 5.04. The van der Waals surface area contributed by atoms with E-state index in [1.807, 2.05) is 0 Å². The number of phenols is 1. The van der Waals surface area contributed by atoms with E-state index in [1.54, 1.807) is 25.1 Å². The number of hydrogen-bond acceptors (Lipinski definition) is 3. The van der Waals surface area contributed by atoms with E-state index >= 15 is 0 Å². The molecule has 1 fully saturated rings. The lowest BCUT2D eigenvalue weighted by Crippen LogP contribution is -2.39. The van der Waals surface area contributed by atoms with Crippen molar-refractivity contribution in [2.75, 3.05) is 6.61 Å². The van der Waals surface area contributed by atoms with Crippen LogP contribution in [0.4, 0.5) is 0 Å². The number of nitrogens with one attached hydrogen (secondary N) is 1. The summed E-state index contributed by atoms with van der Waals surface area (Å²) in [5, 5.41) is 21.6. The number of rotatable bonds is 3. The van der Waals surface area contributed by atoms with E-state index in [2.05, 4.69) is 5.32 Å². The molecule has 16 heavy (non-hydrogen) atoms. The van der Waals surface area contributed by atoms with Crippen LogP contribution in [0.3, 0.4) is 0 Å².